The number of halogens is 1. The summed E-state index contributed by atoms with van der Waals surface area (Å²) in [6, 6.07) is 2.91. The molecule has 1 aromatic rings. The quantitative estimate of drug-likeness (QED) is 0.469. The van der Waals surface area contributed by atoms with Gasteiger partial charge in [-0.25, -0.2) is 9.18 Å². The lowest BCUT2D eigenvalue weighted by Gasteiger charge is -1.96. The highest BCUT2D eigenvalue weighted by atomic mass is 19.1. The minimum Gasteiger partial charge on any atom is -0.478 e. The van der Waals surface area contributed by atoms with Crippen LogP contribution in [0.1, 0.15) is 5.56 Å². The SMILES string of the molecule is O=C(O)/C=C/c1ccc(F)cc1[N+](=O)[O-]. The predicted molar refractivity (Wildman–Crippen MR) is 49.7 cm³/mol. The Morgan fingerprint density at radius 3 is 2.73 bits per heavy atom. The van der Waals surface area contributed by atoms with E-state index in [9.17, 15) is 19.3 Å². The molecule has 0 aliphatic carbocycles. The Hall–Kier alpha value is -2.24. The second-order valence-electron chi connectivity index (χ2n) is 2.63. The number of carboxylic acid groups (broad SMARTS) is 1. The zero-order valence-electron chi connectivity index (χ0n) is 7.38. The van der Waals surface area contributed by atoms with Gasteiger partial charge < -0.3 is 5.11 Å². The van der Waals surface area contributed by atoms with Crippen LogP contribution in [0.15, 0.2) is 24.3 Å². The molecule has 0 radical (unpaired) electrons. The molecule has 0 aliphatic rings. The van der Waals surface area contributed by atoms with Crippen LogP contribution in [-0.4, -0.2) is 16.0 Å². The summed E-state index contributed by atoms with van der Waals surface area (Å²) in [4.78, 5) is 19.9. The molecule has 0 heterocycles. The zero-order chi connectivity index (χ0) is 11.4. The number of nitro groups is 1. The first-order valence-corrected chi connectivity index (χ1v) is 3.85. The average Bonchev–Trinajstić information content (AvgIpc) is 2.15. The van der Waals surface area contributed by atoms with Crippen molar-refractivity contribution in [3.63, 3.8) is 0 Å². The van der Waals surface area contributed by atoms with E-state index in [0.29, 0.717) is 0 Å². The summed E-state index contributed by atoms with van der Waals surface area (Å²) in [5.41, 5.74) is -0.420. The van der Waals surface area contributed by atoms with Crippen LogP contribution in [0.4, 0.5) is 10.1 Å². The Labute approximate surface area is 83.6 Å². The Kier molecular flexibility index (Phi) is 3.12. The van der Waals surface area contributed by atoms with Crippen LogP contribution < -0.4 is 0 Å². The van der Waals surface area contributed by atoms with Crippen molar-refractivity contribution in [2.75, 3.05) is 0 Å². The van der Waals surface area contributed by atoms with Crippen LogP contribution >= 0.6 is 0 Å². The first-order valence-electron chi connectivity index (χ1n) is 3.85. The number of hydrogen-bond acceptors (Lipinski definition) is 3. The van der Waals surface area contributed by atoms with E-state index in [-0.39, 0.29) is 5.56 Å². The lowest BCUT2D eigenvalue weighted by molar-refractivity contribution is -0.385. The fourth-order valence-electron chi connectivity index (χ4n) is 0.977. The second-order valence-corrected chi connectivity index (χ2v) is 2.63. The van der Waals surface area contributed by atoms with Gasteiger partial charge in [0, 0.05) is 6.08 Å². The largest absolute Gasteiger partial charge is 0.478 e. The fraction of sp³-hybridized carbons (Fsp3) is 0. The lowest BCUT2D eigenvalue weighted by atomic mass is 10.1. The number of carboxylic acids is 1. The van der Waals surface area contributed by atoms with Crippen molar-refractivity contribution < 1.29 is 19.2 Å². The molecule has 78 valence electrons. The molecule has 0 fully saturated rings. The second kappa shape index (κ2) is 4.32. The molecule has 1 N–H and O–H groups in total. The summed E-state index contributed by atoms with van der Waals surface area (Å²) in [5.74, 6) is -1.97. The molecule has 0 atom stereocenters. The highest BCUT2D eigenvalue weighted by molar-refractivity contribution is 5.86. The third-order valence-corrected chi connectivity index (χ3v) is 1.59. The molecular formula is C9H6FNO4. The molecule has 0 unspecified atom stereocenters. The Balaban J connectivity index is 3.17. The van der Waals surface area contributed by atoms with Gasteiger partial charge in [-0.3, -0.25) is 10.1 Å². The Morgan fingerprint density at radius 1 is 1.53 bits per heavy atom. The maximum absolute atomic E-state index is 12.7. The Morgan fingerprint density at radius 2 is 2.20 bits per heavy atom. The topological polar surface area (TPSA) is 80.4 Å². The zero-order valence-corrected chi connectivity index (χ0v) is 7.38. The van der Waals surface area contributed by atoms with Gasteiger partial charge in [0.2, 0.25) is 0 Å². The highest BCUT2D eigenvalue weighted by Gasteiger charge is 2.12. The monoisotopic (exact) mass is 211 g/mol. The van der Waals surface area contributed by atoms with Crippen LogP contribution in [0.25, 0.3) is 6.08 Å². The summed E-state index contributed by atoms with van der Waals surface area (Å²) >= 11 is 0. The minimum atomic E-state index is -1.23. The van der Waals surface area contributed by atoms with Gasteiger partial charge in [0.05, 0.1) is 16.6 Å². The van der Waals surface area contributed by atoms with E-state index in [0.717, 1.165) is 30.4 Å². The molecule has 5 nitrogen and oxygen atoms in total. The van der Waals surface area contributed by atoms with Crippen molar-refractivity contribution >= 4 is 17.7 Å². The molecule has 15 heavy (non-hydrogen) atoms. The standard InChI is InChI=1S/C9H6FNO4/c10-7-3-1-6(2-4-9(12)13)8(5-7)11(14)15/h1-5H,(H,12,13)/b4-2+. The van der Waals surface area contributed by atoms with Gasteiger partial charge in [-0.15, -0.1) is 0 Å². The van der Waals surface area contributed by atoms with Crippen LogP contribution in [0, 0.1) is 15.9 Å². The number of nitro benzene ring substituents is 1. The molecule has 0 bridgehead atoms. The van der Waals surface area contributed by atoms with Crippen LogP contribution in [0.5, 0.6) is 0 Å². The normalized spacial score (nSPS) is 10.5. The van der Waals surface area contributed by atoms with Gasteiger partial charge in [-0.1, -0.05) is 0 Å². The third kappa shape index (κ3) is 2.87. The molecule has 0 aliphatic heterocycles. The number of rotatable bonds is 3. The maximum Gasteiger partial charge on any atom is 0.328 e. The fourth-order valence-corrected chi connectivity index (χ4v) is 0.977. The number of hydrogen-bond donors (Lipinski definition) is 1. The van der Waals surface area contributed by atoms with Gasteiger partial charge in [0.1, 0.15) is 5.82 Å². The average molecular weight is 211 g/mol. The summed E-state index contributed by atoms with van der Waals surface area (Å²) in [5, 5.41) is 18.8. The van der Waals surface area contributed by atoms with Gasteiger partial charge in [-0.2, -0.15) is 0 Å². The molecule has 1 rings (SSSR count). The summed E-state index contributed by atoms with van der Waals surface area (Å²) in [6.07, 6.45) is 1.79. The van der Waals surface area contributed by atoms with E-state index in [2.05, 4.69) is 0 Å². The number of aliphatic carboxylic acids is 1. The van der Waals surface area contributed by atoms with E-state index < -0.39 is 22.4 Å². The number of benzene rings is 1. The van der Waals surface area contributed by atoms with Crippen molar-refractivity contribution in [3.8, 4) is 0 Å². The van der Waals surface area contributed by atoms with Gasteiger partial charge in [-0.05, 0) is 18.2 Å². The molecule has 1 aromatic carbocycles. The molecule has 0 saturated heterocycles. The first kappa shape index (κ1) is 10.8. The smallest absolute Gasteiger partial charge is 0.328 e. The number of nitrogens with zero attached hydrogens (tertiary/aromatic N) is 1. The summed E-state index contributed by atoms with van der Waals surface area (Å²) in [6.45, 7) is 0. The van der Waals surface area contributed by atoms with Crippen molar-refractivity contribution in [1.82, 2.24) is 0 Å². The van der Waals surface area contributed by atoms with E-state index in [1.807, 2.05) is 0 Å². The molecular weight excluding hydrogens is 205 g/mol. The lowest BCUT2D eigenvalue weighted by Crippen LogP contribution is -1.93. The van der Waals surface area contributed by atoms with Crippen LogP contribution in [-0.2, 0) is 4.79 Å². The molecule has 0 aromatic heterocycles. The highest BCUT2D eigenvalue weighted by Crippen LogP contribution is 2.20. The van der Waals surface area contributed by atoms with Crippen LogP contribution in [0.2, 0.25) is 0 Å². The van der Waals surface area contributed by atoms with E-state index in [4.69, 9.17) is 5.11 Å². The van der Waals surface area contributed by atoms with Gasteiger partial charge in [0.25, 0.3) is 5.69 Å². The van der Waals surface area contributed by atoms with Crippen molar-refractivity contribution in [3.05, 3.63) is 45.8 Å². The number of carbonyl (C=O) groups is 1. The first-order chi connectivity index (χ1) is 7.00. The van der Waals surface area contributed by atoms with E-state index in [1.54, 1.807) is 0 Å². The van der Waals surface area contributed by atoms with E-state index >= 15 is 0 Å². The maximum atomic E-state index is 12.7. The van der Waals surface area contributed by atoms with Crippen molar-refractivity contribution in [1.29, 1.82) is 0 Å². The Bertz CT molecular complexity index is 442. The third-order valence-electron chi connectivity index (χ3n) is 1.59. The minimum absolute atomic E-state index is 0.0452. The van der Waals surface area contributed by atoms with Crippen molar-refractivity contribution in [2.45, 2.75) is 0 Å². The molecule has 6 heteroatoms. The van der Waals surface area contributed by atoms with Gasteiger partial charge in [0.15, 0.2) is 0 Å². The van der Waals surface area contributed by atoms with Crippen molar-refractivity contribution in [2.24, 2.45) is 0 Å². The van der Waals surface area contributed by atoms with E-state index in [1.165, 1.54) is 0 Å². The molecule has 0 spiro atoms. The summed E-state index contributed by atoms with van der Waals surface area (Å²) in [7, 11) is 0. The van der Waals surface area contributed by atoms with Gasteiger partial charge >= 0.3 is 5.97 Å². The van der Waals surface area contributed by atoms with Crippen LogP contribution in [0.3, 0.4) is 0 Å². The summed E-state index contributed by atoms with van der Waals surface area (Å²) < 4.78 is 12.7. The molecule has 0 amide bonds. The molecule has 0 saturated carbocycles. The predicted octanol–water partition coefficient (Wildman–Crippen LogP) is 1.83.